The molecule has 1 unspecified atom stereocenters. The van der Waals surface area contributed by atoms with E-state index in [-0.39, 0.29) is 0 Å². The number of hydrogen-bond donors (Lipinski definition) is 1. The Bertz CT molecular complexity index is 811. The number of rotatable bonds is 4. The molecule has 1 aromatic carbocycles. The lowest BCUT2D eigenvalue weighted by Gasteiger charge is -2.34. The Morgan fingerprint density at radius 3 is 2.54 bits per heavy atom. The molecule has 134 valence electrons. The SMILES string of the molecule is Cc1ncc(N2CCN(C)CC2)cc1NC1(c2ccccc2)N=CN=N1. The van der Waals surface area contributed by atoms with Gasteiger partial charge in [-0.1, -0.05) is 30.3 Å². The average molecular weight is 349 g/mol. The summed E-state index contributed by atoms with van der Waals surface area (Å²) in [7, 11) is 2.16. The predicted octanol–water partition coefficient (Wildman–Crippen LogP) is 2.86. The van der Waals surface area contributed by atoms with Gasteiger partial charge in [0.2, 0.25) is 0 Å². The van der Waals surface area contributed by atoms with E-state index < -0.39 is 5.79 Å². The molecule has 2 aliphatic rings. The van der Waals surface area contributed by atoms with Crippen LogP contribution in [0, 0.1) is 6.92 Å². The molecule has 2 aromatic rings. The highest BCUT2D eigenvalue weighted by molar-refractivity contribution is 5.64. The number of likely N-dealkylation sites (N-methyl/N-ethyl adjacent to an activating group) is 1. The molecule has 0 spiro atoms. The second kappa shape index (κ2) is 6.84. The molecule has 1 aromatic heterocycles. The van der Waals surface area contributed by atoms with Crippen molar-refractivity contribution in [3.8, 4) is 0 Å². The maximum Gasteiger partial charge on any atom is 0.273 e. The Labute approximate surface area is 153 Å². The summed E-state index contributed by atoms with van der Waals surface area (Å²) in [6.45, 7) is 6.11. The molecule has 0 saturated carbocycles. The zero-order chi connectivity index (χ0) is 18.0. The molecule has 7 nitrogen and oxygen atoms in total. The molecule has 0 aliphatic carbocycles. The van der Waals surface area contributed by atoms with Crippen LogP contribution in [-0.2, 0) is 5.79 Å². The summed E-state index contributed by atoms with van der Waals surface area (Å²) in [6, 6.07) is 12.1. The molecule has 0 amide bonds. The third-order valence-electron chi connectivity index (χ3n) is 4.92. The molecule has 2 aliphatic heterocycles. The number of piperazine rings is 1. The van der Waals surface area contributed by atoms with Gasteiger partial charge in [-0.05, 0) is 20.0 Å². The largest absolute Gasteiger partial charge is 0.368 e. The Balaban J connectivity index is 1.64. The number of aliphatic imine (C=N–C) groups is 1. The first-order chi connectivity index (χ1) is 12.7. The van der Waals surface area contributed by atoms with Crippen LogP contribution in [0.1, 0.15) is 11.3 Å². The number of aromatic nitrogens is 1. The van der Waals surface area contributed by atoms with Gasteiger partial charge in [-0.2, -0.15) is 0 Å². The van der Waals surface area contributed by atoms with Gasteiger partial charge in [-0.3, -0.25) is 4.98 Å². The molecule has 3 heterocycles. The predicted molar refractivity (Wildman–Crippen MR) is 104 cm³/mol. The van der Waals surface area contributed by atoms with Gasteiger partial charge in [0.1, 0.15) is 6.34 Å². The first-order valence-electron chi connectivity index (χ1n) is 8.86. The van der Waals surface area contributed by atoms with Crippen molar-refractivity contribution < 1.29 is 0 Å². The summed E-state index contributed by atoms with van der Waals surface area (Å²) in [6.07, 6.45) is 3.44. The van der Waals surface area contributed by atoms with E-state index in [0.29, 0.717) is 0 Å². The maximum absolute atomic E-state index is 4.60. The minimum atomic E-state index is -0.922. The van der Waals surface area contributed by atoms with Gasteiger partial charge >= 0.3 is 0 Å². The summed E-state index contributed by atoms with van der Waals surface area (Å²) < 4.78 is 0. The highest BCUT2D eigenvalue weighted by Crippen LogP contribution is 2.34. The van der Waals surface area contributed by atoms with Crippen LogP contribution in [0.25, 0.3) is 0 Å². The number of hydrogen-bond acceptors (Lipinski definition) is 7. The number of nitrogens with one attached hydrogen (secondary N) is 1. The third kappa shape index (κ3) is 3.17. The van der Waals surface area contributed by atoms with E-state index >= 15 is 0 Å². The van der Waals surface area contributed by atoms with Crippen LogP contribution in [0.15, 0.2) is 57.8 Å². The van der Waals surface area contributed by atoms with Gasteiger partial charge in [-0.15, -0.1) is 10.2 Å². The average Bonchev–Trinajstić information content (AvgIpc) is 3.15. The minimum absolute atomic E-state index is 0.912. The quantitative estimate of drug-likeness (QED) is 0.921. The lowest BCUT2D eigenvalue weighted by atomic mass is 10.1. The fourth-order valence-electron chi connectivity index (χ4n) is 3.25. The molecule has 1 fully saturated rings. The normalized spacial score (nSPS) is 22.8. The first kappa shape index (κ1) is 16.7. The zero-order valence-corrected chi connectivity index (χ0v) is 15.1. The lowest BCUT2D eigenvalue weighted by Crippen LogP contribution is -2.44. The number of pyridine rings is 1. The van der Waals surface area contributed by atoms with E-state index in [1.807, 2.05) is 43.5 Å². The first-order valence-corrected chi connectivity index (χ1v) is 8.86. The summed E-state index contributed by atoms with van der Waals surface area (Å²) in [5.41, 5.74) is 3.90. The number of anilines is 2. The van der Waals surface area contributed by atoms with Crippen molar-refractivity contribution in [1.29, 1.82) is 0 Å². The Morgan fingerprint density at radius 2 is 1.85 bits per heavy atom. The topological polar surface area (TPSA) is 68.5 Å². The lowest BCUT2D eigenvalue weighted by molar-refractivity contribution is 0.313. The molecule has 26 heavy (non-hydrogen) atoms. The van der Waals surface area contributed by atoms with Crippen molar-refractivity contribution >= 4 is 17.7 Å². The molecule has 4 rings (SSSR count). The summed E-state index contributed by atoms with van der Waals surface area (Å²) in [5.74, 6) is -0.922. The van der Waals surface area contributed by atoms with Crippen molar-refractivity contribution in [3.63, 3.8) is 0 Å². The fraction of sp³-hybridized carbons (Fsp3) is 0.368. The third-order valence-corrected chi connectivity index (χ3v) is 4.92. The Kier molecular flexibility index (Phi) is 4.38. The smallest absolute Gasteiger partial charge is 0.273 e. The molecule has 0 radical (unpaired) electrons. The van der Waals surface area contributed by atoms with Gasteiger partial charge in [0.15, 0.2) is 0 Å². The van der Waals surface area contributed by atoms with Crippen molar-refractivity contribution in [2.45, 2.75) is 12.7 Å². The van der Waals surface area contributed by atoms with Crippen LogP contribution >= 0.6 is 0 Å². The number of nitrogens with zero attached hydrogens (tertiary/aromatic N) is 6. The van der Waals surface area contributed by atoms with Gasteiger partial charge in [0, 0.05) is 31.7 Å². The van der Waals surface area contributed by atoms with E-state index in [1.165, 1.54) is 6.34 Å². The molecule has 7 heteroatoms. The molecule has 1 N–H and O–H groups in total. The standard InChI is InChI=1S/C19H23N7/c1-15-18(12-17(13-20-15)26-10-8-25(2)9-11-26)23-19(21-14-22-24-19)16-6-4-3-5-7-16/h3-7,12-14,23H,8-11H2,1-2H3. The van der Waals surface area contributed by atoms with Crippen LogP contribution in [0.4, 0.5) is 11.4 Å². The van der Waals surface area contributed by atoms with Crippen LogP contribution in [0.3, 0.4) is 0 Å². The Morgan fingerprint density at radius 1 is 1.08 bits per heavy atom. The molecular weight excluding hydrogens is 326 g/mol. The number of aryl methyl sites for hydroxylation is 1. The second-order valence-corrected chi connectivity index (χ2v) is 6.74. The number of azo groups is 1. The van der Waals surface area contributed by atoms with E-state index in [4.69, 9.17) is 0 Å². The minimum Gasteiger partial charge on any atom is -0.368 e. The van der Waals surface area contributed by atoms with Gasteiger partial charge in [0.25, 0.3) is 5.79 Å². The zero-order valence-electron chi connectivity index (χ0n) is 15.1. The van der Waals surface area contributed by atoms with Gasteiger partial charge in [0.05, 0.1) is 23.3 Å². The van der Waals surface area contributed by atoms with Crippen molar-refractivity contribution in [2.75, 3.05) is 43.4 Å². The number of benzene rings is 1. The van der Waals surface area contributed by atoms with Crippen LogP contribution in [-0.4, -0.2) is 49.4 Å². The van der Waals surface area contributed by atoms with Crippen molar-refractivity contribution in [2.24, 2.45) is 15.2 Å². The van der Waals surface area contributed by atoms with Gasteiger partial charge in [-0.25, -0.2) is 4.99 Å². The van der Waals surface area contributed by atoms with Crippen LogP contribution < -0.4 is 10.2 Å². The van der Waals surface area contributed by atoms with E-state index in [0.717, 1.165) is 48.8 Å². The van der Waals surface area contributed by atoms with Crippen molar-refractivity contribution in [1.82, 2.24) is 9.88 Å². The maximum atomic E-state index is 4.60. The van der Waals surface area contributed by atoms with Crippen LogP contribution in [0.5, 0.6) is 0 Å². The Hall–Kier alpha value is -2.80. The van der Waals surface area contributed by atoms with E-state index in [9.17, 15) is 0 Å². The van der Waals surface area contributed by atoms with Crippen LogP contribution in [0.2, 0.25) is 0 Å². The van der Waals surface area contributed by atoms with E-state index in [2.05, 4.69) is 48.4 Å². The van der Waals surface area contributed by atoms with Gasteiger partial charge < -0.3 is 15.1 Å². The summed E-state index contributed by atoms with van der Waals surface area (Å²) in [4.78, 5) is 13.8. The molecular formula is C19H23N7. The second-order valence-electron chi connectivity index (χ2n) is 6.74. The molecule has 1 atom stereocenters. The van der Waals surface area contributed by atoms with Crippen molar-refractivity contribution in [3.05, 3.63) is 53.9 Å². The fourth-order valence-corrected chi connectivity index (χ4v) is 3.25. The summed E-state index contributed by atoms with van der Waals surface area (Å²) >= 11 is 0. The molecule has 0 bridgehead atoms. The van der Waals surface area contributed by atoms with E-state index in [1.54, 1.807) is 0 Å². The summed E-state index contributed by atoms with van der Waals surface area (Å²) in [5, 5.41) is 11.8. The highest BCUT2D eigenvalue weighted by atomic mass is 15.4. The monoisotopic (exact) mass is 349 g/mol. The highest BCUT2D eigenvalue weighted by Gasteiger charge is 2.34. The molecule has 1 saturated heterocycles.